The van der Waals surface area contributed by atoms with Crippen LogP contribution in [0.5, 0.6) is 0 Å². The third-order valence-electron chi connectivity index (χ3n) is 2.34. The molecule has 16 heavy (non-hydrogen) atoms. The smallest absolute Gasteiger partial charge is 0.254 e. The predicted molar refractivity (Wildman–Crippen MR) is 56.7 cm³/mol. The molecule has 2 amide bonds. The fourth-order valence-electron chi connectivity index (χ4n) is 1.29. The van der Waals surface area contributed by atoms with Gasteiger partial charge in [0.2, 0.25) is 5.91 Å². The van der Waals surface area contributed by atoms with Crippen molar-refractivity contribution < 1.29 is 9.59 Å². The fourth-order valence-corrected chi connectivity index (χ4v) is 1.29. The van der Waals surface area contributed by atoms with Crippen LogP contribution in [0, 0.1) is 0 Å². The molecule has 0 spiro atoms. The molecule has 6 heteroatoms. The van der Waals surface area contributed by atoms with E-state index in [1.807, 2.05) is 0 Å². The van der Waals surface area contributed by atoms with E-state index in [2.05, 4.69) is 20.8 Å². The Hall–Kier alpha value is -1.85. The molecule has 0 radical (unpaired) electrons. The summed E-state index contributed by atoms with van der Waals surface area (Å²) in [6, 6.07) is 0.372. The van der Waals surface area contributed by atoms with Gasteiger partial charge in [0.25, 0.3) is 5.91 Å². The van der Waals surface area contributed by atoms with Crippen LogP contribution in [0.3, 0.4) is 0 Å². The highest BCUT2D eigenvalue weighted by Crippen LogP contribution is 2.18. The third-order valence-corrected chi connectivity index (χ3v) is 2.34. The molecule has 0 aromatic carbocycles. The Balaban J connectivity index is 1.63. The molecule has 2 rings (SSSR count). The molecular weight excluding hydrogens is 208 g/mol. The molecular formula is C10H14N4O2. The van der Waals surface area contributed by atoms with E-state index in [1.165, 1.54) is 12.4 Å². The van der Waals surface area contributed by atoms with Crippen LogP contribution < -0.4 is 10.6 Å². The van der Waals surface area contributed by atoms with E-state index in [0.717, 1.165) is 12.8 Å². The first-order valence-corrected chi connectivity index (χ1v) is 5.32. The molecule has 1 saturated carbocycles. The van der Waals surface area contributed by atoms with Crippen LogP contribution >= 0.6 is 0 Å². The molecule has 0 unspecified atom stereocenters. The monoisotopic (exact) mass is 222 g/mol. The molecule has 0 bridgehead atoms. The van der Waals surface area contributed by atoms with Crippen LogP contribution in [0.15, 0.2) is 12.4 Å². The molecule has 1 aromatic heterocycles. The molecule has 0 aliphatic heterocycles. The Morgan fingerprint density at radius 1 is 1.50 bits per heavy atom. The largest absolute Gasteiger partial charge is 0.353 e. The van der Waals surface area contributed by atoms with Gasteiger partial charge in [0.15, 0.2) is 0 Å². The van der Waals surface area contributed by atoms with Gasteiger partial charge in [0, 0.05) is 25.2 Å². The number of H-pyrrole nitrogens is 1. The van der Waals surface area contributed by atoms with Gasteiger partial charge in [0.05, 0.1) is 11.8 Å². The minimum absolute atomic E-state index is 0.00464. The summed E-state index contributed by atoms with van der Waals surface area (Å²) in [4.78, 5) is 22.7. The zero-order valence-corrected chi connectivity index (χ0v) is 8.82. The van der Waals surface area contributed by atoms with Gasteiger partial charge in [-0.2, -0.15) is 5.10 Å². The van der Waals surface area contributed by atoms with Crippen molar-refractivity contribution in [2.75, 3.05) is 6.54 Å². The number of rotatable bonds is 5. The van der Waals surface area contributed by atoms with Crippen molar-refractivity contribution in [2.45, 2.75) is 25.3 Å². The second-order valence-corrected chi connectivity index (χ2v) is 3.83. The molecule has 86 valence electrons. The standard InChI is InChI=1S/C10H14N4O2/c15-9(14-8-1-2-8)3-4-11-10(16)7-5-12-13-6-7/h5-6,8H,1-4H2,(H,11,16)(H,12,13)(H,14,15). The van der Waals surface area contributed by atoms with Gasteiger partial charge in [-0.25, -0.2) is 0 Å². The maximum absolute atomic E-state index is 11.4. The van der Waals surface area contributed by atoms with Crippen LogP contribution in [0.25, 0.3) is 0 Å². The van der Waals surface area contributed by atoms with Crippen molar-refractivity contribution in [1.82, 2.24) is 20.8 Å². The first-order valence-electron chi connectivity index (χ1n) is 5.32. The number of carbonyl (C=O) groups is 2. The van der Waals surface area contributed by atoms with E-state index in [9.17, 15) is 9.59 Å². The second kappa shape index (κ2) is 4.78. The lowest BCUT2D eigenvalue weighted by molar-refractivity contribution is -0.121. The average molecular weight is 222 g/mol. The third kappa shape index (κ3) is 3.08. The van der Waals surface area contributed by atoms with Crippen LogP contribution in [0.4, 0.5) is 0 Å². The SMILES string of the molecule is O=C(CCNC(=O)c1cn[nH]c1)NC1CC1. The van der Waals surface area contributed by atoms with E-state index < -0.39 is 0 Å². The van der Waals surface area contributed by atoms with Gasteiger partial charge >= 0.3 is 0 Å². The molecule has 1 aromatic rings. The first-order chi connectivity index (χ1) is 7.75. The summed E-state index contributed by atoms with van der Waals surface area (Å²) in [6.07, 6.45) is 5.43. The summed E-state index contributed by atoms with van der Waals surface area (Å²) in [5.41, 5.74) is 0.475. The Bertz CT molecular complexity index is 370. The van der Waals surface area contributed by atoms with Crippen molar-refractivity contribution in [3.63, 3.8) is 0 Å². The van der Waals surface area contributed by atoms with Crippen LogP contribution in [0.2, 0.25) is 0 Å². The zero-order chi connectivity index (χ0) is 11.4. The fraction of sp³-hybridized carbons (Fsp3) is 0.500. The summed E-state index contributed by atoms with van der Waals surface area (Å²) >= 11 is 0. The molecule has 6 nitrogen and oxygen atoms in total. The minimum Gasteiger partial charge on any atom is -0.353 e. The summed E-state index contributed by atoms with van der Waals surface area (Å²) in [5, 5.41) is 11.7. The Kier molecular flexibility index (Phi) is 3.19. The Morgan fingerprint density at radius 2 is 2.31 bits per heavy atom. The number of amides is 2. The maximum atomic E-state index is 11.4. The summed E-state index contributed by atoms with van der Waals surface area (Å²) < 4.78 is 0. The van der Waals surface area contributed by atoms with Crippen molar-refractivity contribution in [3.8, 4) is 0 Å². The number of nitrogens with zero attached hydrogens (tertiary/aromatic N) is 1. The molecule has 1 aliphatic rings. The van der Waals surface area contributed by atoms with Crippen LogP contribution in [0.1, 0.15) is 29.6 Å². The highest BCUT2D eigenvalue weighted by atomic mass is 16.2. The number of aromatic amines is 1. The topological polar surface area (TPSA) is 86.9 Å². The number of hydrogen-bond acceptors (Lipinski definition) is 3. The number of hydrogen-bond donors (Lipinski definition) is 3. The van der Waals surface area contributed by atoms with E-state index >= 15 is 0 Å². The van der Waals surface area contributed by atoms with Crippen molar-refractivity contribution in [1.29, 1.82) is 0 Å². The number of nitrogens with one attached hydrogen (secondary N) is 3. The van der Waals surface area contributed by atoms with E-state index in [-0.39, 0.29) is 11.8 Å². The quantitative estimate of drug-likeness (QED) is 0.645. The molecule has 0 saturated heterocycles. The van der Waals surface area contributed by atoms with Gasteiger partial charge in [-0.05, 0) is 12.8 Å². The lowest BCUT2D eigenvalue weighted by Gasteiger charge is -2.04. The normalized spacial score (nSPS) is 14.5. The van der Waals surface area contributed by atoms with E-state index in [4.69, 9.17) is 0 Å². The molecule has 1 heterocycles. The number of aromatic nitrogens is 2. The lowest BCUT2D eigenvalue weighted by atomic mass is 10.3. The highest BCUT2D eigenvalue weighted by molar-refractivity contribution is 5.93. The Morgan fingerprint density at radius 3 is 2.94 bits per heavy atom. The van der Waals surface area contributed by atoms with Crippen molar-refractivity contribution in [2.24, 2.45) is 0 Å². The van der Waals surface area contributed by atoms with Gasteiger partial charge in [-0.15, -0.1) is 0 Å². The molecule has 1 fully saturated rings. The molecule has 3 N–H and O–H groups in total. The van der Waals surface area contributed by atoms with Gasteiger partial charge in [-0.3, -0.25) is 14.7 Å². The van der Waals surface area contributed by atoms with Crippen LogP contribution in [-0.2, 0) is 4.79 Å². The van der Waals surface area contributed by atoms with Gasteiger partial charge in [0.1, 0.15) is 0 Å². The van der Waals surface area contributed by atoms with Crippen molar-refractivity contribution >= 4 is 11.8 Å². The lowest BCUT2D eigenvalue weighted by Crippen LogP contribution is -2.31. The van der Waals surface area contributed by atoms with Crippen molar-refractivity contribution in [3.05, 3.63) is 18.0 Å². The maximum Gasteiger partial charge on any atom is 0.254 e. The van der Waals surface area contributed by atoms with Gasteiger partial charge < -0.3 is 10.6 Å². The van der Waals surface area contributed by atoms with Gasteiger partial charge in [-0.1, -0.05) is 0 Å². The van der Waals surface area contributed by atoms with E-state index in [0.29, 0.717) is 24.6 Å². The summed E-state index contributed by atoms with van der Waals surface area (Å²) in [6.45, 7) is 0.350. The summed E-state index contributed by atoms with van der Waals surface area (Å²) in [5.74, 6) is -0.219. The number of carbonyl (C=O) groups excluding carboxylic acids is 2. The molecule has 0 atom stereocenters. The minimum atomic E-state index is -0.215. The van der Waals surface area contributed by atoms with E-state index in [1.54, 1.807) is 0 Å². The average Bonchev–Trinajstić information content (AvgIpc) is 2.90. The molecule has 1 aliphatic carbocycles. The zero-order valence-electron chi connectivity index (χ0n) is 8.82. The summed E-state index contributed by atoms with van der Waals surface area (Å²) in [7, 11) is 0. The Labute approximate surface area is 92.8 Å². The predicted octanol–water partition coefficient (Wildman–Crippen LogP) is -0.192. The van der Waals surface area contributed by atoms with Crippen LogP contribution in [-0.4, -0.2) is 34.6 Å². The first kappa shape index (κ1) is 10.7. The second-order valence-electron chi connectivity index (χ2n) is 3.83. The highest BCUT2D eigenvalue weighted by Gasteiger charge is 2.22.